The average molecular weight is 324 g/mol. The molecule has 0 fully saturated rings. The van der Waals surface area contributed by atoms with E-state index in [1.165, 1.54) is 0 Å². The number of allylic oxidation sites excluding steroid dienone is 1. The Balaban J connectivity index is 3.94. The van der Waals surface area contributed by atoms with Gasteiger partial charge in [-0.05, 0) is 60.4 Å². The Morgan fingerprint density at radius 3 is 2.23 bits per heavy atom. The maximum Gasteiger partial charge on any atom is 0.294 e. The summed E-state index contributed by atoms with van der Waals surface area (Å²) in [5.74, 6) is 0.274. The Labute approximate surface area is 135 Å². The van der Waals surface area contributed by atoms with Crippen molar-refractivity contribution in [1.29, 1.82) is 0 Å². The Bertz CT molecular complexity index is 670. The van der Waals surface area contributed by atoms with Crippen molar-refractivity contribution in [3.8, 4) is 0 Å². The fourth-order valence-electron chi connectivity index (χ4n) is 2.90. The Morgan fingerprint density at radius 1 is 1.32 bits per heavy atom. The summed E-state index contributed by atoms with van der Waals surface area (Å²) in [7, 11) is -4.26. The lowest BCUT2D eigenvalue weighted by molar-refractivity contribution is 0.475. The molecule has 0 spiro atoms. The molecular formula is C18H28O3S. The van der Waals surface area contributed by atoms with E-state index in [0.29, 0.717) is 5.56 Å². The second-order valence-electron chi connectivity index (χ2n) is 6.50. The van der Waals surface area contributed by atoms with Gasteiger partial charge in [0.2, 0.25) is 0 Å². The van der Waals surface area contributed by atoms with E-state index in [-0.39, 0.29) is 16.7 Å². The van der Waals surface area contributed by atoms with Crippen molar-refractivity contribution >= 4 is 15.7 Å². The second kappa shape index (κ2) is 6.97. The molecule has 1 unspecified atom stereocenters. The normalized spacial score (nSPS) is 13.5. The molecule has 0 aliphatic carbocycles. The zero-order chi connectivity index (χ0) is 17.2. The van der Waals surface area contributed by atoms with E-state index in [9.17, 15) is 13.0 Å². The number of aryl methyl sites for hydroxylation is 1. The summed E-state index contributed by atoms with van der Waals surface area (Å²) in [6.45, 7) is 16.1. The third-order valence-electron chi connectivity index (χ3n) is 4.32. The van der Waals surface area contributed by atoms with Gasteiger partial charge in [-0.3, -0.25) is 4.55 Å². The molecular weight excluding hydrogens is 296 g/mol. The molecule has 4 heteroatoms. The predicted molar refractivity (Wildman–Crippen MR) is 92.9 cm³/mol. The highest BCUT2D eigenvalue weighted by atomic mass is 32.2. The molecule has 3 nitrogen and oxygen atoms in total. The lowest BCUT2D eigenvalue weighted by atomic mass is 9.81. The van der Waals surface area contributed by atoms with Crippen LogP contribution >= 0.6 is 0 Å². The van der Waals surface area contributed by atoms with Gasteiger partial charge in [0.25, 0.3) is 10.1 Å². The fraction of sp³-hybridized carbons (Fsp3) is 0.556. The van der Waals surface area contributed by atoms with Crippen LogP contribution in [0.15, 0.2) is 17.5 Å². The van der Waals surface area contributed by atoms with Crippen LogP contribution in [-0.2, 0) is 16.5 Å². The molecule has 0 bridgehead atoms. The largest absolute Gasteiger partial charge is 0.294 e. The monoisotopic (exact) mass is 324 g/mol. The summed E-state index contributed by atoms with van der Waals surface area (Å²) < 4.78 is 33.5. The molecule has 1 atom stereocenters. The Morgan fingerprint density at radius 2 is 1.86 bits per heavy atom. The van der Waals surface area contributed by atoms with Gasteiger partial charge in [-0.15, -0.1) is 0 Å². The minimum atomic E-state index is -4.26. The van der Waals surface area contributed by atoms with Crippen molar-refractivity contribution < 1.29 is 13.0 Å². The number of hydrogen-bond acceptors (Lipinski definition) is 2. The van der Waals surface area contributed by atoms with Crippen LogP contribution in [0.3, 0.4) is 0 Å². The highest BCUT2D eigenvalue weighted by Gasteiger charge is 2.27. The smallest absolute Gasteiger partial charge is 0.282 e. The van der Waals surface area contributed by atoms with Gasteiger partial charge in [-0.25, -0.2) is 0 Å². The molecule has 0 radical (unpaired) electrons. The zero-order valence-corrected chi connectivity index (χ0v) is 15.3. The van der Waals surface area contributed by atoms with Gasteiger partial charge in [0, 0.05) is 0 Å². The molecule has 0 saturated heterocycles. The lowest BCUT2D eigenvalue weighted by Crippen LogP contribution is -2.15. The Hall–Kier alpha value is -1.13. The highest BCUT2D eigenvalue weighted by molar-refractivity contribution is 7.85. The van der Waals surface area contributed by atoms with Crippen molar-refractivity contribution in [2.24, 2.45) is 5.92 Å². The summed E-state index contributed by atoms with van der Waals surface area (Å²) >= 11 is 0. The van der Waals surface area contributed by atoms with Crippen LogP contribution in [0.1, 0.15) is 69.2 Å². The first-order chi connectivity index (χ1) is 10.0. The molecule has 22 heavy (non-hydrogen) atoms. The molecule has 1 rings (SSSR count). The zero-order valence-electron chi connectivity index (χ0n) is 14.5. The molecule has 1 aromatic rings. The van der Waals surface area contributed by atoms with Crippen LogP contribution in [0.5, 0.6) is 0 Å². The summed E-state index contributed by atoms with van der Waals surface area (Å²) in [6.07, 6.45) is 1.85. The Kier molecular flexibility index (Phi) is 5.99. The number of rotatable bonds is 6. The van der Waals surface area contributed by atoms with Crippen LogP contribution in [0.25, 0.3) is 5.57 Å². The maximum absolute atomic E-state index is 11.9. The van der Waals surface area contributed by atoms with Gasteiger partial charge < -0.3 is 0 Å². The third-order valence-corrected chi connectivity index (χ3v) is 5.21. The van der Waals surface area contributed by atoms with Crippen molar-refractivity contribution in [3.05, 3.63) is 34.9 Å². The first-order valence-electron chi connectivity index (χ1n) is 7.82. The average Bonchev–Trinajstić information content (AvgIpc) is 2.37. The fourth-order valence-corrected chi connectivity index (χ4v) is 3.79. The van der Waals surface area contributed by atoms with E-state index in [4.69, 9.17) is 0 Å². The van der Waals surface area contributed by atoms with Crippen molar-refractivity contribution in [1.82, 2.24) is 0 Å². The summed E-state index contributed by atoms with van der Waals surface area (Å²) in [6, 6.07) is 1.61. The number of hydrogen-bond donors (Lipinski definition) is 1. The maximum atomic E-state index is 11.9. The van der Waals surface area contributed by atoms with Crippen LogP contribution in [-0.4, -0.2) is 13.0 Å². The van der Waals surface area contributed by atoms with Gasteiger partial charge in [0.1, 0.15) is 0 Å². The van der Waals surface area contributed by atoms with Gasteiger partial charge in [-0.2, -0.15) is 8.42 Å². The van der Waals surface area contributed by atoms with E-state index >= 15 is 0 Å². The van der Waals surface area contributed by atoms with E-state index < -0.39 is 10.1 Å². The van der Waals surface area contributed by atoms with Gasteiger partial charge in [-0.1, -0.05) is 46.3 Å². The van der Waals surface area contributed by atoms with Gasteiger partial charge in [0.05, 0.1) is 4.90 Å². The predicted octanol–water partition coefficient (Wildman–Crippen LogP) is 4.99. The summed E-state index contributed by atoms with van der Waals surface area (Å²) in [5, 5.41) is 0. The van der Waals surface area contributed by atoms with E-state index in [1.54, 1.807) is 6.07 Å². The summed E-state index contributed by atoms with van der Waals surface area (Å²) in [5.41, 5.74) is 4.51. The second-order valence-corrected chi connectivity index (χ2v) is 7.89. The number of benzene rings is 1. The van der Waals surface area contributed by atoms with Crippen LogP contribution < -0.4 is 0 Å². The molecule has 0 aromatic heterocycles. The lowest BCUT2D eigenvalue weighted by Gasteiger charge is -2.26. The quantitative estimate of drug-likeness (QED) is 0.750. The van der Waals surface area contributed by atoms with Crippen LogP contribution in [0.2, 0.25) is 0 Å². The van der Waals surface area contributed by atoms with Gasteiger partial charge >= 0.3 is 0 Å². The molecule has 0 amide bonds. The van der Waals surface area contributed by atoms with Crippen LogP contribution in [0, 0.1) is 12.8 Å². The molecule has 1 N–H and O–H groups in total. The van der Waals surface area contributed by atoms with Crippen LogP contribution in [0.4, 0.5) is 0 Å². The van der Waals surface area contributed by atoms with Gasteiger partial charge in [0.15, 0.2) is 0 Å². The van der Waals surface area contributed by atoms with E-state index in [2.05, 4.69) is 27.4 Å². The third kappa shape index (κ3) is 3.79. The van der Waals surface area contributed by atoms with E-state index in [1.807, 2.05) is 20.8 Å². The first-order valence-corrected chi connectivity index (χ1v) is 9.26. The first kappa shape index (κ1) is 18.9. The molecule has 0 heterocycles. The minimum Gasteiger partial charge on any atom is -0.282 e. The molecule has 0 aliphatic heterocycles. The standard InChI is InChI=1S/C18H28O3S/c1-8-9-15-13(6)10-16(22(19,20)21)18(14(7)11(2)3)17(15)12(4)5/h10-11,14H,4,8-9H2,1-3,5-7H3,(H,19,20,21). The SMILES string of the molecule is C=C(C)c1c(CCC)c(C)cc(S(=O)(=O)O)c1C(C)C(C)C. The van der Waals surface area contributed by atoms with Crippen molar-refractivity contribution in [2.45, 2.75) is 65.2 Å². The molecule has 124 valence electrons. The molecule has 0 aliphatic rings. The van der Waals surface area contributed by atoms with Crippen molar-refractivity contribution in [3.63, 3.8) is 0 Å². The highest BCUT2D eigenvalue weighted by Crippen LogP contribution is 2.39. The minimum absolute atomic E-state index is 0.0137. The molecule has 1 aromatic carbocycles. The topological polar surface area (TPSA) is 54.4 Å². The van der Waals surface area contributed by atoms with Crippen molar-refractivity contribution in [2.75, 3.05) is 0 Å². The molecule has 0 saturated carbocycles. The van der Waals surface area contributed by atoms with E-state index in [0.717, 1.165) is 35.1 Å². The summed E-state index contributed by atoms with van der Waals surface area (Å²) in [4.78, 5) is 0.0315.